The van der Waals surface area contributed by atoms with Crippen molar-refractivity contribution in [1.29, 1.82) is 0 Å². The molecule has 0 aromatic heterocycles. The summed E-state index contributed by atoms with van der Waals surface area (Å²) in [5, 5.41) is 5.51. The molecule has 1 fully saturated rings. The lowest BCUT2D eigenvalue weighted by Gasteiger charge is -2.21. The second-order valence-corrected chi connectivity index (χ2v) is 5.77. The number of carbonyl (C=O) groups is 1. The van der Waals surface area contributed by atoms with Gasteiger partial charge in [0, 0.05) is 23.9 Å². The standard InChI is InChI=1S/C18H21NO2/c1-3-16(20)19-12-18(10-11-18)17-14-7-5-4-6-13(14)8-9-15(17)21-2/h4-9H,3,10-12H2,1-2H3,(H,19,20). The first kappa shape index (κ1) is 13.9. The summed E-state index contributed by atoms with van der Waals surface area (Å²) in [4.78, 5) is 11.6. The van der Waals surface area contributed by atoms with E-state index in [0.717, 1.165) is 18.6 Å². The molecule has 3 heteroatoms. The highest BCUT2D eigenvalue weighted by molar-refractivity contribution is 5.89. The molecule has 0 radical (unpaired) electrons. The fourth-order valence-corrected chi connectivity index (χ4v) is 3.03. The van der Waals surface area contributed by atoms with E-state index in [1.54, 1.807) is 7.11 Å². The van der Waals surface area contributed by atoms with E-state index in [9.17, 15) is 4.79 Å². The third kappa shape index (κ3) is 2.48. The van der Waals surface area contributed by atoms with Gasteiger partial charge in [0.15, 0.2) is 0 Å². The van der Waals surface area contributed by atoms with Gasteiger partial charge in [0.25, 0.3) is 0 Å². The Bertz CT molecular complexity index is 674. The second-order valence-electron chi connectivity index (χ2n) is 5.77. The van der Waals surface area contributed by atoms with Gasteiger partial charge in [-0.15, -0.1) is 0 Å². The molecule has 3 rings (SSSR count). The van der Waals surface area contributed by atoms with Crippen LogP contribution in [0.1, 0.15) is 31.7 Å². The lowest BCUT2D eigenvalue weighted by molar-refractivity contribution is -0.120. The Labute approximate surface area is 125 Å². The van der Waals surface area contributed by atoms with Gasteiger partial charge in [-0.3, -0.25) is 4.79 Å². The van der Waals surface area contributed by atoms with Crippen molar-refractivity contribution in [2.24, 2.45) is 0 Å². The van der Waals surface area contributed by atoms with Crippen LogP contribution >= 0.6 is 0 Å². The maximum Gasteiger partial charge on any atom is 0.219 e. The largest absolute Gasteiger partial charge is 0.496 e. The quantitative estimate of drug-likeness (QED) is 0.913. The lowest BCUT2D eigenvalue weighted by atomic mass is 9.89. The number of rotatable bonds is 5. The minimum atomic E-state index is 0.0387. The maximum absolute atomic E-state index is 11.6. The van der Waals surface area contributed by atoms with E-state index in [1.165, 1.54) is 16.3 Å². The van der Waals surface area contributed by atoms with Crippen molar-refractivity contribution in [3.63, 3.8) is 0 Å². The molecule has 0 unspecified atom stereocenters. The Balaban J connectivity index is 2.04. The molecule has 110 valence electrons. The average Bonchev–Trinajstić information content (AvgIpc) is 3.32. The molecule has 2 aromatic rings. The predicted molar refractivity (Wildman–Crippen MR) is 84.7 cm³/mol. The van der Waals surface area contributed by atoms with Gasteiger partial charge in [0.1, 0.15) is 5.75 Å². The highest BCUT2D eigenvalue weighted by Crippen LogP contribution is 2.53. The molecule has 2 aromatic carbocycles. The van der Waals surface area contributed by atoms with Crippen LogP contribution in [-0.4, -0.2) is 19.6 Å². The van der Waals surface area contributed by atoms with Crippen molar-refractivity contribution in [1.82, 2.24) is 5.32 Å². The first-order valence-electron chi connectivity index (χ1n) is 7.53. The van der Waals surface area contributed by atoms with Gasteiger partial charge in [-0.05, 0) is 29.7 Å². The van der Waals surface area contributed by atoms with Crippen molar-refractivity contribution in [2.75, 3.05) is 13.7 Å². The molecule has 3 nitrogen and oxygen atoms in total. The number of nitrogens with one attached hydrogen (secondary N) is 1. The van der Waals surface area contributed by atoms with E-state index in [-0.39, 0.29) is 11.3 Å². The van der Waals surface area contributed by atoms with Gasteiger partial charge in [-0.2, -0.15) is 0 Å². The molecule has 0 bridgehead atoms. The summed E-state index contributed by atoms with van der Waals surface area (Å²) in [5.74, 6) is 1.04. The SMILES string of the molecule is CCC(=O)NCC1(c2c(OC)ccc3ccccc23)CC1. The topological polar surface area (TPSA) is 38.3 Å². The van der Waals surface area contributed by atoms with Crippen LogP contribution in [0.3, 0.4) is 0 Å². The molecule has 1 N–H and O–H groups in total. The van der Waals surface area contributed by atoms with E-state index in [2.05, 4.69) is 35.6 Å². The number of carbonyl (C=O) groups excluding carboxylic acids is 1. The van der Waals surface area contributed by atoms with Crippen LogP contribution in [0.2, 0.25) is 0 Å². The molecule has 21 heavy (non-hydrogen) atoms. The van der Waals surface area contributed by atoms with Crippen LogP contribution in [0.5, 0.6) is 5.75 Å². The maximum atomic E-state index is 11.6. The summed E-state index contributed by atoms with van der Waals surface area (Å²) in [7, 11) is 1.72. The summed E-state index contributed by atoms with van der Waals surface area (Å²) in [5.41, 5.74) is 1.29. The molecule has 0 heterocycles. The van der Waals surface area contributed by atoms with Gasteiger partial charge in [-0.25, -0.2) is 0 Å². The van der Waals surface area contributed by atoms with Crippen molar-refractivity contribution in [2.45, 2.75) is 31.6 Å². The lowest BCUT2D eigenvalue weighted by Crippen LogP contribution is -2.32. The highest BCUT2D eigenvalue weighted by Gasteiger charge is 2.47. The zero-order valence-corrected chi connectivity index (χ0v) is 12.6. The van der Waals surface area contributed by atoms with Crippen LogP contribution in [0, 0.1) is 0 Å². The van der Waals surface area contributed by atoms with Crippen LogP contribution in [0.4, 0.5) is 0 Å². The average molecular weight is 283 g/mol. The first-order chi connectivity index (χ1) is 10.2. The summed E-state index contributed by atoms with van der Waals surface area (Å²) < 4.78 is 5.60. The van der Waals surface area contributed by atoms with Gasteiger partial charge < -0.3 is 10.1 Å². The fourth-order valence-electron chi connectivity index (χ4n) is 3.03. The summed E-state index contributed by atoms with van der Waals surface area (Å²) in [6.45, 7) is 2.58. The zero-order chi connectivity index (χ0) is 14.9. The summed E-state index contributed by atoms with van der Waals surface area (Å²) in [6, 6.07) is 12.5. The molecule has 0 aliphatic heterocycles. The smallest absolute Gasteiger partial charge is 0.219 e. The molecule has 1 amide bonds. The summed E-state index contributed by atoms with van der Waals surface area (Å²) >= 11 is 0. The van der Waals surface area contributed by atoms with Crippen LogP contribution < -0.4 is 10.1 Å². The molecule has 0 spiro atoms. The Morgan fingerprint density at radius 3 is 2.67 bits per heavy atom. The van der Waals surface area contributed by atoms with Crippen LogP contribution in [-0.2, 0) is 10.2 Å². The molecular formula is C18H21NO2. The number of methoxy groups -OCH3 is 1. The fraction of sp³-hybridized carbons (Fsp3) is 0.389. The molecule has 1 aliphatic carbocycles. The van der Waals surface area contributed by atoms with Crippen molar-refractivity contribution in [3.8, 4) is 5.75 Å². The Kier molecular flexibility index (Phi) is 3.58. The van der Waals surface area contributed by atoms with E-state index >= 15 is 0 Å². The Morgan fingerprint density at radius 2 is 2.00 bits per heavy atom. The van der Waals surface area contributed by atoms with E-state index in [0.29, 0.717) is 13.0 Å². The number of hydrogen-bond donors (Lipinski definition) is 1. The van der Waals surface area contributed by atoms with Crippen molar-refractivity contribution >= 4 is 16.7 Å². The number of fused-ring (bicyclic) bond motifs is 1. The Morgan fingerprint density at radius 1 is 1.24 bits per heavy atom. The minimum Gasteiger partial charge on any atom is -0.496 e. The number of benzene rings is 2. The van der Waals surface area contributed by atoms with Crippen molar-refractivity contribution in [3.05, 3.63) is 42.0 Å². The number of hydrogen-bond acceptors (Lipinski definition) is 2. The van der Waals surface area contributed by atoms with Gasteiger partial charge >= 0.3 is 0 Å². The minimum absolute atomic E-state index is 0.0387. The third-order valence-corrected chi connectivity index (χ3v) is 4.44. The number of amides is 1. The molecule has 0 atom stereocenters. The van der Waals surface area contributed by atoms with Gasteiger partial charge in [0.2, 0.25) is 5.91 Å². The Hall–Kier alpha value is -2.03. The van der Waals surface area contributed by atoms with Gasteiger partial charge in [0.05, 0.1) is 7.11 Å². The van der Waals surface area contributed by atoms with Gasteiger partial charge in [-0.1, -0.05) is 37.3 Å². The van der Waals surface area contributed by atoms with Crippen LogP contribution in [0.15, 0.2) is 36.4 Å². The monoisotopic (exact) mass is 283 g/mol. The number of ether oxygens (including phenoxy) is 1. The first-order valence-corrected chi connectivity index (χ1v) is 7.53. The second kappa shape index (κ2) is 5.40. The molecular weight excluding hydrogens is 262 g/mol. The van der Waals surface area contributed by atoms with Crippen molar-refractivity contribution < 1.29 is 9.53 Å². The van der Waals surface area contributed by atoms with E-state index < -0.39 is 0 Å². The zero-order valence-electron chi connectivity index (χ0n) is 12.6. The predicted octanol–water partition coefficient (Wildman–Crippen LogP) is 3.41. The molecule has 1 saturated carbocycles. The molecule has 0 saturated heterocycles. The van der Waals surface area contributed by atoms with Crippen LogP contribution in [0.25, 0.3) is 10.8 Å². The molecule has 1 aliphatic rings. The normalized spacial score (nSPS) is 15.7. The third-order valence-electron chi connectivity index (χ3n) is 4.44. The summed E-state index contributed by atoms with van der Waals surface area (Å²) in [6.07, 6.45) is 2.73. The van der Waals surface area contributed by atoms with E-state index in [1.807, 2.05) is 13.0 Å². The van der Waals surface area contributed by atoms with E-state index in [4.69, 9.17) is 4.74 Å². The highest BCUT2D eigenvalue weighted by atomic mass is 16.5.